The van der Waals surface area contributed by atoms with E-state index in [1.54, 1.807) is 22.8 Å². The maximum Gasteiger partial charge on any atom is 0.256 e. The Bertz CT molecular complexity index is 952. The highest BCUT2D eigenvalue weighted by Gasteiger charge is 2.20. The van der Waals surface area contributed by atoms with E-state index in [-0.39, 0.29) is 17.8 Å². The normalized spacial score (nSPS) is 15.0. The lowest BCUT2D eigenvalue weighted by Gasteiger charge is -2.22. The lowest BCUT2D eigenvalue weighted by molar-refractivity contribution is 0.0697. The molecule has 0 radical (unpaired) electrons. The molecule has 3 heterocycles. The van der Waals surface area contributed by atoms with Crippen LogP contribution in [0.1, 0.15) is 28.8 Å². The minimum absolute atomic E-state index is 0.107. The quantitative estimate of drug-likeness (QED) is 0.722. The van der Waals surface area contributed by atoms with Crippen molar-refractivity contribution in [1.82, 2.24) is 19.9 Å². The molecule has 27 heavy (non-hydrogen) atoms. The predicted molar refractivity (Wildman–Crippen MR) is 98.0 cm³/mol. The van der Waals surface area contributed by atoms with Gasteiger partial charge in [0.15, 0.2) is 5.65 Å². The Kier molecular flexibility index (Phi) is 4.97. The molecular weight excluding hydrogens is 349 g/mol. The number of nitrogens with one attached hydrogen (secondary N) is 2. The van der Waals surface area contributed by atoms with E-state index in [2.05, 4.69) is 20.7 Å². The van der Waals surface area contributed by atoms with Crippen LogP contribution >= 0.6 is 0 Å². The van der Waals surface area contributed by atoms with Crippen molar-refractivity contribution in [2.24, 2.45) is 0 Å². The Morgan fingerprint density at radius 1 is 1.30 bits per heavy atom. The van der Waals surface area contributed by atoms with Gasteiger partial charge >= 0.3 is 0 Å². The van der Waals surface area contributed by atoms with E-state index in [1.165, 1.54) is 18.3 Å². The van der Waals surface area contributed by atoms with E-state index in [0.29, 0.717) is 36.8 Å². The van der Waals surface area contributed by atoms with Gasteiger partial charge in [0.1, 0.15) is 17.2 Å². The van der Waals surface area contributed by atoms with Gasteiger partial charge in [0.25, 0.3) is 5.91 Å². The first-order valence-electron chi connectivity index (χ1n) is 8.90. The van der Waals surface area contributed by atoms with Crippen LogP contribution in [0, 0.1) is 5.82 Å². The topological polar surface area (TPSA) is 80.5 Å². The van der Waals surface area contributed by atoms with Crippen LogP contribution in [0.2, 0.25) is 0 Å². The molecule has 4 rings (SSSR count). The number of nitrogens with zero attached hydrogens (tertiary/aromatic N) is 3. The van der Waals surface area contributed by atoms with Crippen LogP contribution in [0.25, 0.3) is 5.65 Å². The number of hydrogen-bond acceptors (Lipinski definition) is 5. The van der Waals surface area contributed by atoms with E-state index in [1.807, 2.05) is 6.07 Å². The summed E-state index contributed by atoms with van der Waals surface area (Å²) >= 11 is 0. The van der Waals surface area contributed by atoms with Gasteiger partial charge in [-0.2, -0.15) is 5.10 Å². The van der Waals surface area contributed by atoms with E-state index in [0.717, 1.165) is 18.4 Å². The summed E-state index contributed by atoms with van der Waals surface area (Å²) in [7, 11) is 0. The zero-order valence-corrected chi connectivity index (χ0v) is 14.7. The zero-order valence-electron chi connectivity index (χ0n) is 14.7. The fourth-order valence-corrected chi connectivity index (χ4v) is 3.07. The lowest BCUT2D eigenvalue weighted by Crippen LogP contribution is -2.38. The monoisotopic (exact) mass is 369 g/mol. The summed E-state index contributed by atoms with van der Waals surface area (Å²) in [5.74, 6) is 0.125. The molecule has 0 spiro atoms. The fraction of sp³-hybridized carbons (Fsp3) is 0.316. The summed E-state index contributed by atoms with van der Waals surface area (Å²) in [5, 5.41) is 10.4. The molecule has 0 aliphatic carbocycles. The molecule has 7 nitrogen and oxygen atoms in total. The number of rotatable bonds is 5. The van der Waals surface area contributed by atoms with Crippen molar-refractivity contribution in [3.8, 4) is 0 Å². The molecule has 1 saturated heterocycles. The van der Waals surface area contributed by atoms with Crippen molar-refractivity contribution in [1.29, 1.82) is 0 Å². The van der Waals surface area contributed by atoms with Gasteiger partial charge in [0.05, 0.1) is 6.20 Å². The van der Waals surface area contributed by atoms with Gasteiger partial charge in [0.2, 0.25) is 0 Å². The number of anilines is 1. The minimum atomic E-state index is -0.277. The number of aromatic nitrogens is 3. The molecule has 1 aromatic carbocycles. The number of halogens is 1. The Morgan fingerprint density at radius 3 is 2.96 bits per heavy atom. The Labute approximate surface area is 155 Å². The van der Waals surface area contributed by atoms with Crippen LogP contribution in [0.4, 0.5) is 10.2 Å². The summed E-state index contributed by atoms with van der Waals surface area (Å²) < 4.78 is 20.2. The van der Waals surface area contributed by atoms with E-state index >= 15 is 0 Å². The van der Waals surface area contributed by atoms with Gasteiger partial charge in [-0.05, 0) is 36.6 Å². The number of amides is 1. The van der Waals surface area contributed by atoms with Gasteiger partial charge in [-0.25, -0.2) is 13.9 Å². The molecule has 1 fully saturated rings. The largest absolute Gasteiger partial charge is 0.381 e. The molecule has 2 aromatic heterocycles. The van der Waals surface area contributed by atoms with Crippen LogP contribution in [0.5, 0.6) is 0 Å². The SMILES string of the molecule is O=C(NC1CCOCC1)c1cnn2ccc(NCc3cccc(F)c3)nc12. The summed E-state index contributed by atoms with van der Waals surface area (Å²) in [6.07, 6.45) is 4.87. The minimum Gasteiger partial charge on any atom is -0.381 e. The molecule has 1 aliphatic heterocycles. The molecule has 3 aromatic rings. The first-order valence-corrected chi connectivity index (χ1v) is 8.90. The molecule has 0 bridgehead atoms. The number of benzene rings is 1. The first kappa shape index (κ1) is 17.4. The first-order chi connectivity index (χ1) is 13.2. The fourth-order valence-electron chi connectivity index (χ4n) is 3.07. The van der Waals surface area contributed by atoms with Crippen LogP contribution < -0.4 is 10.6 Å². The third-order valence-corrected chi connectivity index (χ3v) is 4.53. The Morgan fingerprint density at radius 2 is 2.15 bits per heavy atom. The van der Waals surface area contributed by atoms with Crippen LogP contribution in [-0.4, -0.2) is 39.8 Å². The summed E-state index contributed by atoms with van der Waals surface area (Å²) in [6.45, 7) is 1.75. The highest BCUT2D eigenvalue weighted by molar-refractivity contribution is 5.99. The van der Waals surface area contributed by atoms with Crippen molar-refractivity contribution >= 4 is 17.4 Å². The smallest absolute Gasteiger partial charge is 0.256 e. The van der Waals surface area contributed by atoms with E-state index in [4.69, 9.17) is 4.74 Å². The van der Waals surface area contributed by atoms with E-state index in [9.17, 15) is 9.18 Å². The molecule has 1 amide bonds. The maximum absolute atomic E-state index is 13.3. The van der Waals surface area contributed by atoms with Crippen LogP contribution in [0.3, 0.4) is 0 Å². The second kappa shape index (κ2) is 7.71. The van der Waals surface area contributed by atoms with Gasteiger partial charge in [-0.1, -0.05) is 12.1 Å². The zero-order chi connectivity index (χ0) is 18.6. The Hall–Kier alpha value is -3.00. The summed E-state index contributed by atoms with van der Waals surface area (Å²) in [5.41, 5.74) is 1.71. The molecule has 0 saturated carbocycles. The van der Waals surface area contributed by atoms with E-state index < -0.39 is 0 Å². The summed E-state index contributed by atoms with van der Waals surface area (Å²) in [4.78, 5) is 17.1. The number of ether oxygens (including phenoxy) is 1. The summed E-state index contributed by atoms with van der Waals surface area (Å²) in [6, 6.07) is 8.24. The highest BCUT2D eigenvalue weighted by atomic mass is 19.1. The van der Waals surface area contributed by atoms with Crippen LogP contribution in [0.15, 0.2) is 42.7 Å². The predicted octanol–water partition coefficient (Wildman–Crippen LogP) is 2.39. The van der Waals surface area contributed by atoms with Crippen molar-refractivity contribution in [2.75, 3.05) is 18.5 Å². The molecule has 2 N–H and O–H groups in total. The van der Waals surface area contributed by atoms with Gasteiger partial charge in [-0.3, -0.25) is 4.79 Å². The average molecular weight is 369 g/mol. The number of carbonyl (C=O) groups is 1. The molecule has 8 heteroatoms. The number of fused-ring (bicyclic) bond motifs is 1. The molecule has 0 atom stereocenters. The molecular formula is C19H20FN5O2. The van der Waals surface area contributed by atoms with Crippen molar-refractivity contribution < 1.29 is 13.9 Å². The third-order valence-electron chi connectivity index (χ3n) is 4.53. The van der Waals surface area contributed by atoms with Gasteiger partial charge in [0, 0.05) is 32.0 Å². The van der Waals surface area contributed by atoms with Crippen LogP contribution in [-0.2, 0) is 11.3 Å². The molecule has 140 valence electrons. The average Bonchev–Trinajstić information content (AvgIpc) is 3.10. The Balaban J connectivity index is 1.49. The third kappa shape index (κ3) is 4.06. The number of hydrogen-bond donors (Lipinski definition) is 2. The van der Waals surface area contributed by atoms with Gasteiger partial charge < -0.3 is 15.4 Å². The lowest BCUT2D eigenvalue weighted by atomic mass is 10.1. The number of carbonyl (C=O) groups excluding carboxylic acids is 1. The second-order valence-electron chi connectivity index (χ2n) is 6.48. The van der Waals surface area contributed by atoms with Crippen molar-refractivity contribution in [2.45, 2.75) is 25.4 Å². The molecule has 0 unspecified atom stereocenters. The maximum atomic E-state index is 13.3. The van der Waals surface area contributed by atoms with Gasteiger partial charge in [-0.15, -0.1) is 0 Å². The van der Waals surface area contributed by atoms with Crippen molar-refractivity contribution in [3.63, 3.8) is 0 Å². The highest BCUT2D eigenvalue weighted by Crippen LogP contribution is 2.14. The van der Waals surface area contributed by atoms with Crippen molar-refractivity contribution in [3.05, 3.63) is 59.7 Å². The second-order valence-corrected chi connectivity index (χ2v) is 6.48. The standard InChI is InChI=1S/C19H20FN5O2/c20-14-3-1-2-13(10-14)11-21-17-4-7-25-18(24-17)16(12-22-25)19(26)23-15-5-8-27-9-6-15/h1-4,7,10,12,15H,5-6,8-9,11H2,(H,21,24)(H,23,26). The molecule has 1 aliphatic rings.